The Labute approximate surface area is 107 Å². The molecule has 0 aromatic heterocycles. The molecule has 11 heteroatoms. The van der Waals surface area contributed by atoms with Gasteiger partial charge in [-0.15, -0.1) is 0 Å². The average Bonchev–Trinajstić information content (AvgIpc) is 2.23. The molecule has 1 aromatic carbocycles. The average molecular weight is 326 g/mol. The van der Waals surface area contributed by atoms with E-state index in [0.29, 0.717) is 6.07 Å². The van der Waals surface area contributed by atoms with E-state index in [1.165, 1.54) is 0 Å². The van der Waals surface area contributed by atoms with Gasteiger partial charge in [0, 0.05) is 5.56 Å². The van der Waals surface area contributed by atoms with Crippen molar-refractivity contribution in [3.63, 3.8) is 0 Å². The van der Waals surface area contributed by atoms with Crippen LogP contribution in [0.4, 0.5) is 30.7 Å². The fourth-order valence-electron chi connectivity index (χ4n) is 1.44. The molecule has 0 fully saturated rings. The van der Waals surface area contributed by atoms with E-state index in [-0.39, 0.29) is 12.1 Å². The summed E-state index contributed by atoms with van der Waals surface area (Å²) in [6.07, 6.45) is -12.9. The molecule has 3 nitrogen and oxygen atoms in total. The Hall–Kier alpha value is -1.36. The van der Waals surface area contributed by atoms with Crippen LogP contribution in [-0.2, 0) is 15.8 Å². The molecular formula is C9H5F7O3S. The summed E-state index contributed by atoms with van der Waals surface area (Å²) in [5, 5.41) is 0. The Balaban J connectivity index is 3.80. The zero-order valence-electron chi connectivity index (χ0n) is 9.13. The van der Waals surface area contributed by atoms with Crippen LogP contribution in [0.3, 0.4) is 0 Å². The second kappa shape index (κ2) is 4.58. The highest BCUT2D eigenvalue weighted by molar-refractivity contribution is 7.85. The normalized spacial score (nSPS) is 14.4. The van der Waals surface area contributed by atoms with Crippen molar-refractivity contribution in [3.05, 3.63) is 29.8 Å². The summed E-state index contributed by atoms with van der Waals surface area (Å²) in [4.78, 5) is -1.81. The lowest BCUT2D eigenvalue weighted by Gasteiger charge is -2.31. The lowest BCUT2D eigenvalue weighted by Crippen LogP contribution is -2.51. The molecular weight excluding hydrogens is 321 g/mol. The van der Waals surface area contributed by atoms with Gasteiger partial charge >= 0.3 is 18.0 Å². The molecule has 0 aliphatic rings. The summed E-state index contributed by atoms with van der Waals surface area (Å²) in [6, 6.07) is 1.54. The molecule has 1 rings (SSSR count). The van der Waals surface area contributed by atoms with Crippen LogP contribution < -0.4 is 0 Å². The van der Waals surface area contributed by atoms with Gasteiger partial charge in [0.1, 0.15) is 4.90 Å². The molecule has 0 aliphatic carbocycles. The highest BCUT2D eigenvalue weighted by Crippen LogP contribution is 2.54. The topological polar surface area (TPSA) is 54.4 Å². The maximum absolute atomic E-state index is 13.7. The summed E-state index contributed by atoms with van der Waals surface area (Å²) in [6.45, 7) is 0. The SMILES string of the molecule is O=S(=O)(O)c1ccccc1C(F)(C(F)(F)F)C(F)(F)F. The molecule has 0 spiro atoms. The quantitative estimate of drug-likeness (QED) is 0.671. The third-order valence-electron chi connectivity index (χ3n) is 2.32. The Kier molecular flexibility index (Phi) is 3.83. The molecule has 1 aromatic rings. The molecule has 0 heterocycles. The first-order valence-corrected chi connectivity index (χ1v) is 6.06. The minimum atomic E-state index is -6.47. The fraction of sp³-hybridized carbons (Fsp3) is 0.333. The molecule has 0 saturated carbocycles. The van der Waals surface area contributed by atoms with Crippen molar-refractivity contribution in [2.24, 2.45) is 0 Å². The number of halogens is 7. The van der Waals surface area contributed by atoms with Crippen molar-refractivity contribution in [2.45, 2.75) is 22.9 Å². The first-order chi connectivity index (χ1) is 8.73. The molecule has 1 N–H and O–H groups in total. The van der Waals surface area contributed by atoms with Gasteiger partial charge < -0.3 is 0 Å². The van der Waals surface area contributed by atoms with Crippen LogP contribution in [0.2, 0.25) is 0 Å². The summed E-state index contributed by atoms with van der Waals surface area (Å²) >= 11 is 0. The van der Waals surface area contributed by atoms with E-state index in [1.54, 1.807) is 0 Å². The predicted molar refractivity (Wildman–Crippen MR) is 51.2 cm³/mol. The Morgan fingerprint density at radius 1 is 0.850 bits per heavy atom. The van der Waals surface area contributed by atoms with Crippen molar-refractivity contribution in [3.8, 4) is 0 Å². The van der Waals surface area contributed by atoms with Crippen LogP contribution >= 0.6 is 0 Å². The van der Waals surface area contributed by atoms with Gasteiger partial charge in [-0.25, -0.2) is 4.39 Å². The van der Waals surface area contributed by atoms with E-state index in [2.05, 4.69) is 0 Å². The van der Waals surface area contributed by atoms with E-state index >= 15 is 0 Å². The molecule has 0 atom stereocenters. The van der Waals surface area contributed by atoms with Gasteiger partial charge in [0.2, 0.25) is 0 Å². The Morgan fingerprint density at radius 3 is 1.60 bits per heavy atom. The first-order valence-electron chi connectivity index (χ1n) is 4.62. The van der Waals surface area contributed by atoms with Gasteiger partial charge in [0.25, 0.3) is 10.1 Å². The fourth-order valence-corrected chi connectivity index (χ4v) is 2.18. The molecule has 114 valence electrons. The monoisotopic (exact) mass is 326 g/mol. The molecule has 0 saturated heterocycles. The number of benzene rings is 1. The molecule has 20 heavy (non-hydrogen) atoms. The predicted octanol–water partition coefficient (Wildman–Crippen LogP) is 3.22. The van der Waals surface area contributed by atoms with Crippen LogP contribution in [0.5, 0.6) is 0 Å². The third-order valence-corrected chi connectivity index (χ3v) is 3.23. The van der Waals surface area contributed by atoms with Crippen LogP contribution in [0.15, 0.2) is 29.2 Å². The van der Waals surface area contributed by atoms with Crippen LogP contribution in [0.1, 0.15) is 5.56 Å². The van der Waals surface area contributed by atoms with Gasteiger partial charge in [0.05, 0.1) is 0 Å². The van der Waals surface area contributed by atoms with Gasteiger partial charge in [-0.3, -0.25) is 4.55 Å². The van der Waals surface area contributed by atoms with Crippen LogP contribution in [-0.4, -0.2) is 25.3 Å². The summed E-state index contributed by atoms with van der Waals surface area (Å²) in [7, 11) is -5.48. The van der Waals surface area contributed by atoms with Crippen molar-refractivity contribution in [2.75, 3.05) is 0 Å². The van der Waals surface area contributed by atoms with Gasteiger partial charge in [-0.2, -0.15) is 34.8 Å². The lowest BCUT2D eigenvalue weighted by molar-refractivity contribution is -0.349. The highest BCUT2D eigenvalue weighted by atomic mass is 32.2. The van der Waals surface area contributed by atoms with E-state index in [4.69, 9.17) is 4.55 Å². The van der Waals surface area contributed by atoms with Crippen molar-refractivity contribution < 1.29 is 43.7 Å². The maximum Gasteiger partial charge on any atom is 0.435 e. The number of hydrogen-bond donors (Lipinski definition) is 1. The van der Waals surface area contributed by atoms with Crippen molar-refractivity contribution >= 4 is 10.1 Å². The molecule has 0 aliphatic heterocycles. The van der Waals surface area contributed by atoms with Crippen molar-refractivity contribution in [1.82, 2.24) is 0 Å². The Bertz CT molecular complexity index is 589. The van der Waals surface area contributed by atoms with Crippen LogP contribution in [0.25, 0.3) is 0 Å². The molecule has 0 radical (unpaired) electrons. The van der Waals surface area contributed by atoms with Crippen LogP contribution in [0, 0.1) is 0 Å². The summed E-state index contributed by atoms with van der Waals surface area (Å²) < 4.78 is 119. The third kappa shape index (κ3) is 2.59. The number of hydrogen-bond acceptors (Lipinski definition) is 2. The van der Waals surface area contributed by atoms with E-state index in [9.17, 15) is 39.2 Å². The van der Waals surface area contributed by atoms with Crippen molar-refractivity contribution in [1.29, 1.82) is 0 Å². The minimum absolute atomic E-state index is 0.00984. The second-order valence-corrected chi connectivity index (χ2v) is 5.02. The second-order valence-electron chi connectivity index (χ2n) is 3.63. The van der Waals surface area contributed by atoms with Gasteiger partial charge in [-0.1, -0.05) is 18.2 Å². The smallest absolute Gasteiger partial charge is 0.282 e. The first kappa shape index (κ1) is 16.7. The number of alkyl halides is 7. The zero-order chi connectivity index (χ0) is 16.0. The van der Waals surface area contributed by atoms with Gasteiger partial charge in [0.15, 0.2) is 0 Å². The Morgan fingerprint density at radius 2 is 1.25 bits per heavy atom. The lowest BCUT2D eigenvalue weighted by atomic mass is 9.94. The number of rotatable bonds is 2. The van der Waals surface area contributed by atoms with Gasteiger partial charge in [-0.05, 0) is 6.07 Å². The van der Waals surface area contributed by atoms with E-state index in [1.807, 2.05) is 0 Å². The van der Waals surface area contributed by atoms with E-state index < -0.39 is 38.6 Å². The molecule has 0 amide bonds. The maximum atomic E-state index is 13.7. The molecule has 0 unspecified atom stereocenters. The minimum Gasteiger partial charge on any atom is -0.282 e. The van der Waals surface area contributed by atoms with E-state index in [0.717, 1.165) is 6.07 Å². The molecule has 0 bridgehead atoms. The standard InChI is InChI=1S/C9H5F7O3S/c10-7(8(11,12)13,9(14,15)16)5-3-1-2-4-6(5)20(17,18)19/h1-4H,(H,17,18,19). The summed E-state index contributed by atoms with van der Waals surface area (Å²) in [5.74, 6) is 0. The highest BCUT2D eigenvalue weighted by Gasteiger charge is 2.74. The zero-order valence-corrected chi connectivity index (χ0v) is 9.94. The summed E-state index contributed by atoms with van der Waals surface area (Å²) in [5.41, 5.74) is -8.17. The largest absolute Gasteiger partial charge is 0.435 e.